The molecule has 1 aromatic carbocycles. The van der Waals surface area contributed by atoms with Crippen molar-refractivity contribution in [2.45, 2.75) is 19.8 Å². The molecule has 0 aliphatic rings. The van der Waals surface area contributed by atoms with E-state index in [1.54, 1.807) is 7.11 Å². The van der Waals surface area contributed by atoms with Crippen molar-refractivity contribution in [1.29, 1.82) is 0 Å². The summed E-state index contributed by atoms with van der Waals surface area (Å²) in [5, 5.41) is -0.264. The summed E-state index contributed by atoms with van der Waals surface area (Å²) in [5.41, 5.74) is 1.08. The number of ether oxygens (including phenoxy) is 1. The number of carbonyl (C=O) groups excluding carboxylic acids is 1. The van der Waals surface area contributed by atoms with Gasteiger partial charge in [0, 0.05) is 5.92 Å². The molecule has 0 aliphatic heterocycles. The van der Waals surface area contributed by atoms with Gasteiger partial charge in [-0.1, -0.05) is 19.1 Å². The third-order valence-electron chi connectivity index (χ3n) is 2.43. The molecular formula is C12H15ClO2. The van der Waals surface area contributed by atoms with Crippen LogP contribution in [-0.2, 0) is 11.2 Å². The molecule has 1 rings (SSSR count). The van der Waals surface area contributed by atoms with Gasteiger partial charge in [0.15, 0.2) is 0 Å². The van der Waals surface area contributed by atoms with Crippen LogP contribution in [0, 0.1) is 5.92 Å². The number of methoxy groups -OCH3 is 1. The standard InChI is InChI=1S/C12H15ClO2/c1-3-10(12(13)14)7-9-5-4-6-11(8-9)15-2/h4-6,8,10H,3,7H2,1-2H3. The Morgan fingerprint density at radius 1 is 1.53 bits per heavy atom. The molecule has 3 heteroatoms. The fourth-order valence-electron chi connectivity index (χ4n) is 1.47. The summed E-state index contributed by atoms with van der Waals surface area (Å²) in [5.74, 6) is 0.711. The van der Waals surface area contributed by atoms with Crippen molar-refractivity contribution in [2.24, 2.45) is 5.92 Å². The maximum absolute atomic E-state index is 11.1. The summed E-state index contributed by atoms with van der Waals surface area (Å²) in [6, 6.07) is 7.71. The van der Waals surface area contributed by atoms with Gasteiger partial charge in [-0.3, -0.25) is 4.79 Å². The average molecular weight is 227 g/mol. The van der Waals surface area contributed by atoms with Crippen LogP contribution in [0.25, 0.3) is 0 Å². The van der Waals surface area contributed by atoms with Gasteiger partial charge in [0.1, 0.15) is 5.75 Å². The lowest BCUT2D eigenvalue weighted by Gasteiger charge is -2.10. The predicted octanol–water partition coefficient (Wildman–Crippen LogP) is 3.03. The zero-order chi connectivity index (χ0) is 11.3. The minimum absolute atomic E-state index is 0.0984. The van der Waals surface area contributed by atoms with Crippen molar-refractivity contribution in [3.63, 3.8) is 0 Å². The molecule has 0 aliphatic carbocycles. The lowest BCUT2D eigenvalue weighted by Crippen LogP contribution is -2.10. The number of hydrogen-bond donors (Lipinski definition) is 0. The van der Waals surface area contributed by atoms with Crippen LogP contribution in [0.15, 0.2) is 24.3 Å². The molecule has 0 radical (unpaired) electrons. The van der Waals surface area contributed by atoms with E-state index in [2.05, 4.69) is 0 Å². The lowest BCUT2D eigenvalue weighted by atomic mass is 9.98. The Bertz CT molecular complexity index is 336. The minimum Gasteiger partial charge on any atom is -0.497 e. The van der Waals surface area contributed by atoms with Crippen molar-refractivity contribution in [1.82, 2.24) is 0 Å². The van der Waals surface area contributed by atoms with Crippen LogP contribution in [0.1, 0.15) is 18.9 Å². The highest BCUT2D eigenvalue weighted by Crippen LogP contribution is 2.19. The highest BCUT2D eigenvalue weighted by molar-refractivity contribution is 6.63. The molecule has 0 N–H and O–H groups in total. The Morgan fingerprint density at radius 3 is 2.80 bits per heavy atom. The van der Waals surface area contributed by atoms with E-state index in [1.807, 2.05) is 31.2 Å². The Labute approximate surface area is 95.2 Å². The van der Waals surface area contributed by atoms with Crippen molar-refractivity contribution in [3.8, 4) is 5.75 Å². The third-order valence-corrected chi connectivity index (χ3v) is 2.74. The van der Waals surface area contributed by atoms with Crippen LogP contribution in [0.3, 0.4) is 0 Å². The largest absolute Gasteiger partial charge is 0.497 e. The molecule has 0 amide bonds. The normalized spacial score (nSPS) is 12.2. The lowest BCUT2D eigenvalue weighted by molar-refractivity contribution is -0.115. The number of carbonyl (C=O) groups is 1. The summed E-state index contributed by atoms with van der Waals surface area (Å²) >= 11 is 5.50. The number of benzene rings is 1. The van der Waals surface area contributed by atoms with Crippen LogP contribution in [-0.4, -0.2) is 12.4 Å². The Morgan fingerprint density at radius 2 is 2.27 bits per heavy atom. The van der Waals surface area contributed by atoms with Crippen molar-refractivity contribution >= 4 is 16.8 Å². The molecular weight excluding hydrogens is 212 g/mol. The first-order valence-electron chi connectivity index (χ1n) is 4.99. The molecule has 82 valence electrons. The molecule has 0 saturated carbocycles. The average Bonchev–Trinajstić information content (AvgIpc) is 2.25. The number of hydrogen-bond acceptors (Lipinski definition) is 2. The van der Waals surface area contributed by atoms with Gasteiger partial charge in [-0.2, -0.15) is 0 Å². The highest BCUT2D eigenvalue weighted by atomic mass is 35.5. The highest BCUT2D eigenvalue weighted by Gasteiger charge is 2.14. The fourth-order valence-corrected chi connectivity index (χ4v) is 1.70. The van der Waals surface area contributed by atoms with Crippen molar-refractivity contribution in [3.05, 3.63) is 29.8 Å². The minimum atomic E-state index is -0.264. The Balaban J connectivity index is 2.74. The van der Waals surface area contributed by atoms with Gasteiger partial charge < -0.3 is 4.74 Å². The summed E-state index contributed by atoms with van der Waals surface area (Å²) < 4.78 is 5.11. The maximum atomic E-state index is 11.1. The smallest absolute Gasteiger partial charge is 0.225 e. The van der Waals surface area contributed by atoms with Gasteiger partial charge in [0.05, 0.1) is 7.11 Å². The zero-order valence-corrected chi connectivity index (χ0v) is 9.75. The molecule has 2 nitrogen and oxygen atoms in total. The molecule has 0 spiro atoms. The second-order valence-electron chi connectivity index (χ2n) is 3.46. The Kier molecular flexibility index (Phi) is 4.63. The van der Waals surface area contributed by atoms with E-state index >= 15 is 0 Å². The molecule has 1 aromatic rings. The number of halogens is 1. The Hall–Kier alpha value is -1.02. The molecule has 1 atom stereocenters. The van der Waals surface area contributed by atoms with Gasteiger partial charge in [-0.25, -0.2) is 0 Å². The summed E-state index contributed by atoms with van der Waals surface area (Å²) in [6.07, 6.45) is 1.44. The SMILES string of the molecule is CCC(Cc1cccc(OC)c1)C(=O)Cl. The van der Waals surface area contributed by atoms with E-state index in [-0.39, 0.29) is 11.2 Å². The molecule has 1 unspecified atom stereocenters. The summed E-state index contributed by atoms with van der Waals surface area (Å²) in [7, 11) is 1.63. The molecule has 0 aromatic heterocycles. The van der Waals surface area contributed by atoms with Gasteiger partial charge >= 0.3 is 0 Å². The van der Waals surface area contributed by atoms with E-state index < -0.39 is 0 Å². The van der Waals surface area contributed by atoms with E-state index in [9.17, 15) is 4.79 Å². The van der Waals surface area contributed by atoms with Crippen LogP contribution in [0.5, 0.6) is 5.75 Å². The van der Waals surface area contributed by atoms with E-state index in [4.69, 9.17) is 16.3 Å². The van der Waals surface area contributed by atoms with Crippen molar-refractivity contribution < 1.29 is 9.53 Å². The van der Waals surface area contributed by atoms with Crippen LogP contribution < -0.4 is 4.74 Å². The van der Waals surface area contributed by atoms with E-state index in [1.165, 1.54) is 0 Å². The van der Waals surface area contributed by atoms with Crippen molar-refractivity contribution in [2.75, 3.05) is 7.11 Å². The number of rotatable bonds is 5. The third kappa shape index (κ3) is 3.56. The van der Waals surface area contributed by atoms with E-state index in [0.29, 0.717) is 6.42 Å². The van der Waals surface area contributed by atoms with Crippen LogP contribution in [0.4, 0.5) is 0 Å². The van der Waals surface area contributed by atoms with E-state index in [0.717, 1.165) is 17.7 Å². The monoisotopic (exact) mass is 226 g/mol. The first-order chi connectivity index (χ1) is 7.17. The molecule has 0 saturated heterocycles. The van der Waals surface area contributed by atoms with Gasteiger partial charge in [-0.05, 0) is 42.1 Å². The molecule has 0 heterocycles. The second-order valence-corrected chi connectivity index (χ2v) is 3.84. The van der Waals surface area contributed by atoms with Crippen LogP contribution in [0.2, 0.25) is 0 Å². The predicted molar refractivity (Wildman–Crippen MR) is 61.3 cm³/mol. The first-order valence-corrected chi connectivity index (χ1v) is 5.37. The molecule has 0 bridgehead atoms. The van der Waals surface area contributed by atoms with Gasteiger partial charge in [0.2, 0.25) is 5.24 Å². The van der Waals surface area contributed by atoms with Crippen LogP contribution >= 0.6 is 11.6 Å². The summed E-state index contributed by atoms with van der Waals surface area (Å²) in [6.45, 7) is 1.96. The van der Waals surface area contributed by atoms with Gasteiger partial charge in [0.25, 0.3) is 0 Å². The fraction of sp³-hybridized carbons (Fsp3) is 0.417. The zero-order valence-electron chi connectivity index (χ0n) is 9.00. The quantitative estimate of drug-likeness (QED) is 0.722. The molecule has 15 heavy (non-hydrogen) atoms. The first kappa shape index (κ1) is 12.1. The summed E-state index contributed by atoms with van der Waals surface area (Å²) in [4.78, 5) is 11.1. The topological polar surface area (TPSA) is 26.3 Å². The van der Waals surface area contributed by atoms with Gasteiger partial charge in [-0.15, -0.1) is 0 Å². The maximum Gasteiger partial charge on any atom is 0.225 e. The molecule has 0 fully saturated rings. The second kappa shape index (κ2) is 5.76.